The maximum Gasteiger partial charge on any atom is 0.00683 e. The van der Waals surface area contributed by atoms with E-state index in [1.54, 1.807) is 0 Å². The predicted molar refractivity (Wildman–Crippen MR) is 75.0 cm³/mol. The Hall–Kier alpha value is -0.0400. The van der Waals surface area contributed by atoms with Gasteiger partial charge < -0.3 is 5.32 Å². The Morgan fingerprint density at radius 1 is 0.941 bits per heavy atom. The standard InChI is InChI=1S/C16H31N/c1-11(2)13-5-6-14(10-17-15-7-8-15)16(9-13)12(3)4/h11-17H,5-10H2,1-4H3. The van der Waals surface area contributed by atoms with Crippen molar-refractivity contribution in [3.63, 3.8) is 0 Å². The summed E-state index contributed by atoms with van der Waals surface area (Å²) in [7, 11) is 0. The summed E-state index contributed by atoms with van der Waals surface area (Å²) in [6.45, 7) is 11.0. The van der Waals surface area contributed by atoms with Crippen LogP contribution in [0.1, 0.15) is 59.8 Å². The second-order valence-corrected chi connectivity index (χ2v) is 7.17. The SMILES string of the molecule is CC(C)C1CCC(CNC2CC2)C(C(C)C)C1. The first-order valence-corrected chi connectivity index (χ1v) is 7.81. The van der Waals surface area contributed by atoms with Gasteiger partial charge in [0.15, 0.2) is 0 Å². The maximum atomic E-state index is 3.76. The summed E-state index contributed by atoms with van der Waals surface area (Å²) >= 11 is 0. The fraction of sp³-hybridized carbons (Fsp3) is 1.00. The molecule has 0 aromatic heterocycles. The van der Waals surface area contributed by atoms with Crippen LogP contribution in [0.15, 0.2) is 0 Å². The van der Waals surface area contributed by atoms with Crippen molar-refractivity contribution in [1.29, 1.82) is 0 Å². The van der Waals surface area contributed by atoms with Gasteiger partial charge in [-0.2, -0.15) is 0 Å². The van der Waals surface area contributed by atoms with Crippen LogP contribution in [0.25, 0.3) is 0 Å². The molecule has 2 fully saturated rings. The molecule has 2 aliphatic rings. The van der Waals surface area contributed by atoms with E-state index >= 15 is 0 Å². The molecule has 0 aromatic rings. The first-order chi connectivity index (χ1) is 8.08. The lowest BCUT2D eigenvalue weighted by atomic mass is 9.67. The molecule has 1 nitrogen and oxygen atoms in total. The molecule has 100 valence electrons. The zero-order chi connectivity index (χ0) is 12.4. The summed E-state index contributed by atoms with van der Waals surface area (Å²) in [6.07, 6.45) is 7.26. The highest BCUT2D eigenvalue weighted by atomic mass is 14.9. The van der Waals surface area contributed by atoms with Crippen LogP contribution >= 0.6 is 0 Å². The zero-order valence-corrected chi connectivity index (χ0v) is 12.2. The molecule has 2 saturated carbocycles. The topological polar surface area (TPSA) is 12.0 Å². The first-order valence-electron chi connectivity index (χ1n) is 7.81. The lowest BCUT2D eigenvalue weighted by molar-refractivity contribution is 0.110. The average molecular weight is 237 g/mol. The molecule has 0 aromatic carbocycles. The minimum Gasteiger partial charge on any atom is -0.314 e. The molecule has 17 heavy (non-hydrogen) atoms. The van der Waals surface area contributed by atoms with Crippen LogP contribution in [0.2, 0.25) is 0 Å². The molecule has 0 heterocycles. The van der Waals surface area contributed by atoms with Crippen LogP contribution in [0.5, 0.6) is 0 Å². The molecule has 0 aliphatic heterocycles. The highest BCUT2D eigenvalue weighted by Crippen LogP contribution is 2.41. The van der Waals surface area contributed by atoms with Gasteiger partial charge >= 0.3 is 0 Å². The predicted octanol–water partition coefficient (Wildman–Crippen LogP) is 4.08. The maximum absolute atomic E-state index is 3.76. The Bertz CT molecular complexity index is 230. The Morgan fingerprint density at radius 2 is 1.65 bits per heavy atom. The van der Waals surface area contributed by atoms with E-state index in [2.05, 4.69) is 33.0 Å². The fourth-order valence-corrected chi connectivity index (χ4v) is 3.58. The Labute approximate surface area is 108 Å². The van der Waals surface area contributed by atoms with E-state index < -0.39 is 0 Å². The lowest BCUT2D eigenvalue weighted by Crippen LogP contribution is -2.37. The quantitative estimate of drug-likeness (QED) is 0.759. The van der Waals surface area contributed by atoms with Crippen LogP contribution in [-0.2, 0) is 0 Å². The fourth-order valence-electron chi connectivity index (χ4n) is 3.58. The normalized spacial score (nSPS) is 34.6. The number of rotatable bonds is 5. The molecule has 0 bridgehead atoms. The third kappa shape index (κ3) is 3.71. The van der Waals surface area contributed by atoms with Crippen molar-refractivity contribution in [3.05, 3.63) is 0 Å². The second-order valence-electron chi connectivity index (χ2n) is 7.17. The largest absolute Gasteiger partial charge is 0.314 e. The minimum atomic E-state index is 0.863. The van der Waals surface area contributed by atoms with Gasteiger partial charge in [0.05, 0.1) is 0 Å². The summed E-state index contributed by atoms with van der Waals surface area (Å²) in [5.74, 6) is 4.64. The molecule has 2 rings (SSSR count). The monoisotopic (exact) mass is 237 g/mol. The van der Waals surface area contributed by atoms with Gasteiger partial charge in [0.1, 0.15) is 0 Å². The second kappa shape index (κ2) is 5.73. The molecule has 0 spiro atoms. The smallest absolute Gasteiger partial charge is 0.00683 e. The van der Waals surface area contributed by atoms with Gasteiger partial charge in [0, 0.05) is 6.04 Å². The lowest BCUT2D eigenvalue weighted by Gasteiger charge is -2.40. The van der Waals surface area contributed by atoms with Crippen molar-refractivity contribution in [1.82, 2.24) is 5.32 Å². The molecular formula is C16H31N. The van der Waals surface area contributed by atoms with Crippen molar-refractivity contribution in [3.8, 4) is 0 Å². The van der Waals surface area contributed by atoms with Gasteiger partial charge in [-0.15, -0.1) is 0 Å². The van der Waals surface area contributed by atoms with E-state index in [4.69, 9.17) is 0 Å². The van der Waals surface area contributed by atoms with Gasteiger partial charge in [-0.05, 0) is 68.2 Å². The van der Waals surface area contributed by atoms with Crippen LogP contribution in [0.4, 0.5) is 0 Å². The Morgan fingerprint density at radius 3 is 2.18 bits per heavy atom. The van der Waals surface area contributed by atoms with Crippen molar-refractivity contribution < 1.29 is 0 Å². The average Bonchev–Trinajstić information content (AvgIpc) is 3.09. The molecule has 2 aliphatic carbocycles. The van der Waals surface area contributed by atoms with Gasteiger partial charge in [-0.1, -0.05) is 27.7 Å². The molecule has 3 atom stereocenters. The van der Waals surface area contributed by atoms with Crippen molar-refractivity contribution in [2.45, 2.75) is 65.8 Å². The highest BCUT2D eigenvalue weighted by Gasteiger charge is 2.34. The summed E-state index contributed by atoms with van der Waals surface area (Å²) in [4.78, 5) is 0. The van der Waals surface area contributed by atoms with E-state index in [1.165, 1.54) is 38.6 Å². The first kappa shape index (κ1) is 13.4. The molecule has 1 N–H and O–H groups in total. The molecular weight excluding hydrogens is 206 g/mol. The molecule has 0 amide bonds. The van der Waals surface area contributed by atoms with E-state index in [9.17, 15) is 0 Å². The van der Waals surface area contributed by atoms with Gasteiger partial charge in [-0.25, -0.2) is 0 Å². The van der Waals surface area contributed by atoms with E-state index in [0.717, 1.165) is 35.6 Å². The summed E-state index contributed by atoms with van der Waals surface area (Å²) in [5, 5.41) is 3.76. The molecule has 0 saturated heterocycles. The van der Waals surface area contributed by atoms with Crippen LogP contribution < -0.4 is 5.32 Å². The summed E-state index contributed by atoms with van der Waals surface area (Å²) in [6, 6.07) is 0.880. The van der Waals surface area contributed by atoms with Crippen LogP contribution in [0, 0.1) is 29.6 Å². The van der Waals surface area contributed by atoms with E-state index in [-0.39, 0.29) is 0 Å². The van der Waals surface area contributed by atoms with E-state index in [0.29, 0.717) is 0 Å². The third-order valence-corrected chi connectivity index (χ3v) is 5.13. The van der Waals surface area contributed by atoms with Crippen LogP contribution in [-0.4, -0.2) is 12.6 Å². The van der Waals surface area contributed by atoms with Crippen LogP contribution in [0.3, 0.4) is 0 Å². The van der Waals surface area contributed by atoms with Crippen molar-refractivity contribution in [2.24, 2.45) is 29.6 Å². The van der Waals surface area contributed by atoms with Gasteiger partial charge in [0.2, 0.25) is 0 Å². The van der Waals surface area contributed by atoms with Crippen molar-refractivity contribution in [2.75, 3.05) is 6.54 Å². The third-order valence-electron chi connectivity index (χ3n) is 5.13. The summed E-state index contributed by atoms with van der Waals surface area (Å²) < 4.78 is 0. The number of nitrogens with one attached hydrogen (secondary N) is 1. The molecule has 1 heteroatoms. The summed E-state index contributed by atoms with van der Waals surface area (Å²) in [5.41, 5.74) is 0. The Kier molecular flexibility index (Phi) is 4.52. The number of hydrogen-bond donors (Lipinski definition) is 1. The molecule has 0 radical (unpaired) electrons. The highest BCUT2D eigenvalue weighted by molar-refractivity contribution is 4.87. The molecule has 3 unspecified atom stereocenters. The van der Waals surface area contributed by atoms with E-state index in [1.807, 2.05) is 0 Å². The van der Waals surface area contributed by atoms with Gasteiger partial charge in [-0.3, -0.25) is 0 Å². The van der Waals surface area contributed by atoms with Gasteiger partial charge in [0.25, 0.3) is 0 Å². The van der Waals surface area contributed by atoms with Crippen molar-refractivity contribution >= 4 is 0 Å². The Balaban J connectivity index is 1.86. The minimum absolute atomic E-state index is 0.863. The number of hydrogen-bond acceptors (Lipinski definition) is 1. The zero-order valence-electron chi connectivity index (χ0n) is 12.2.